The van der Waals surface area contributed by atoms with E-state index in [1.165, 1.54) is 19.2 Å². The molecule has 5 nitrogen and oxygen atoms in total. The summed E-state index contributed by atoms with van der Waals surface area (Å²) < 4.78 is 62.2. The third kappa shape index (κ3) is 4.34. The molecule has 0 aliphatic carbocycles. The Labute approximate surface area is 149 Å². The molecule has 0 saturated carbocycles. The van der Waals surface area contributed by atoms with Crippen LogP contribution >= 0.6 is 0 Å². The van der Waals surface area contributed by atoms with Crippen molar-refractivity contribution in [1.29, 1.82) is 0 Å². The molecular weight excluding hydrogens is 369 g/mol. The standard InChI is InChI=1S/C17H17F3N2O3S/c1-11-14(5-4-6-15(11)22(2)26(3,24)25)16(23)21-13-9-7-12(8-10-13)17(18,19)20/h4-10H,1-3H3,(H,21,23). The first-order valence-electron chi connectivity index (χ1n) is 7.43. The number of carbonyl (C=O) groups excluding carboxylic acids is 1. The van der Waals surface area contributed by atoms with Crippen molar-refractivity contribution in [3.05, 3.63) is 59.2 Å². The second-order valence-electron chi connectivity index (χ2n) is 5.71. The van der Waals surface area contributed by atoms with Gasteiger partial charge in [0.1, 0.15) is 0 Å². The fraction of sp³-hybridized carbons (Fsp3) is 0.235. The van der Waals surface area contributed by atoms with Gasteiger partial charge in [0.2, 0.25) is 10.0 Å². The van der Waals surface area contributed by atoms with Gasteiger partial charge in [-0.15, -0.1) is 0 Å². The molecule has 0 atom stereocenters. The SMILES string of the molecule is Cc1c(C(=O)Nc2ccc(C(F)(F)F)cc2)cccc1N(C)S(C)(=O)=O. The van der Waals surface area contributed by atoms with Gasteiger partial charge in [-0.25, -0.2) is 8.42 Å². The average Bonchev–Trinajstić information content (AvgIpc) is 2.53. The van der Waals surface area contributed by atoms with Gasteiger partial charge in [-0.2, -0.15) is 13.2 Å². The Morgan fingerprint density at radius 2 is 1.65 bits per heavy atom. The number of anilines is 2. The summed E-state index contributed by atoms with van der Waals surface area (Å²) in [6.07, 6.45) is -3.41. The molecule has 1 N–H and O–H groups in total. The van der Waals surface area contributed by atoms with Crippen LogP contribution in [0.5, 0.6) is 0 Å². The number of alkyl halides is 3. The van der Waals surface area contributed by atoms with Crippen molar-refractivity contribution < 1.29 is 26.4 Å². The third-order valence-corrected chi connectivity index (χ3v) is 5.05. The molecule has 0 saturated heterocycles. The highest BCUT2D eigenvalue weighted by Crippen LogP contribution is 2.30. The van der Waals surface area contributed by atoms with E-state index >= 15 is 0 Å². The summed E-state index contributed by atoms with van der Waals surface area (Å²) in [5, 5.41) is 2.51. The smallest absolute Gasteiger partial charge is 0.322 e. The molecule has 0 fully saturated rings. The van der Waals surface area contributed by atoms with E-state index in [-0.39, 0.29) is 11.3 Å². The summed E-state index contributed by atoms with van der Waals surface area (Å²) in [4.78, 5) is 12.4. The van der Waals surface area contributed by atoms with Crippen LogP contribution in [-0.4, -0.2) is 27.6 Å². The predicted molar refractivity (Wildman–Crippen MR) is 93.8 cm³/mol. The lowest BCUT2D eigenvalue weighted by Crippen LogP contribution is -2.26. The van der Waals surface area contributed by atoms with Gasteiger partial charge in [0.05, 0.1) is 17.5 Å². The van der Waals surface area contributed by atoms with Crippen molar-refractivity contribution in [3.8, 4) is 0 Å². The van der Waals surface area contributed by atoms with Crippen molar-refractivity contribution in [1.82, 2.24) is 0 Å². The molecular formula is C17H17F3N2O3S. The second kappa shape index (κ2) is 6.99. The molecule has 9 heteroatoms. The molecule has 0 spiro atoms. The fourth-order valence-electron chi connectivity index (χ4n) is 2.33. The first kappa shape index (κ1) is 19.8. The van der Waals surface area contributed by atoms with E-state index < -0.39 is 27.7 Å². The zero-order chi connectivity index (χ0) is 19.7. The lowest BCUT2D eigenvalue weighted by molar-refractivity contribution is -0.137. The lowest BCUT2D eigenvalue weighted by atomic mass is 10.1. The molecule has 2 aromatic rings. The van der Waals surface area contributed by atoms with Crippen LogP contribution in [0.4, 0.5) is 24.5 Å². The van der Waals surface area contributed by atoms with Crippen molar-refractivity contribution >= 4 is 27.3 Å². The summed E-state index contributed by atoms with van der Waals surface area (Å²) in [5.74, 6) is -0.550. The molecule has 0 radical (unpaired) electrons. The van der Waals surface area contributed by atoms with E-state index in [1.807, 2.05) is 0 Å². The lowest BCUT2D eigenvalue weighted by Gasteiger charge is -2.20. The number of carbonyl (C=O) groups is 1. The first-order valence-corrected chi connectivity index (χ1v) is 9.28. The average molecular weight is 386 g/mol. The van der Waals surface area contributed by atoms with Crippen LogP contribution in [0.25, 0.3) is 0 Å². The third-order valence-electron chi connectivity index (χ3n) is 3.86. The van der Waals surface area contributed by atoms with Gasteiger partial charge in [0.15, 0.2) is 0 Å². The molecule has 26 heavy (non-hydrogen) atoms. The molecule has 0 heterocycles. The maximum absolute atomic E-state index is 12.6. The quantitative estimate of drug-likeness (QED) is 0.872. The Morgan fingerprint density at radius 3 is 2.15 bits per heavy atom. The molecule has 1 amide bonds. The van der Waals surface area contributed by atoms with Crippen LogP contribution in [0.1, 0.15) is 21.5 Å². The number of amides is 1. The number of halogens is 3. The number of hydrogen-bond acceptors (Lipinski definition) is 3. The van der Waals surface area contributed by atoms with Crippen molar-refractivity contribution in [2.75, 3.05) is 22.9 Å². The van der Waals surface area contributed by atoms with Gasteiger partial charge in [-0.05, 0) is 48.9 Å². The number of nitrogens with zero attached hydrogens (tertiary/aromatic N) is 1. The number of hydrogen-bond donors (Lipinski definition) is 1. The number of nitrogens with one attached hydrogen (secondary N) is 1. The van der Waals surface area contributed by atoms with Gasteiger partial charge >= 0.3 is 6.18 Å². The van der Waals surface area contributed by atoms with Crippen LogP contribution in [0, 0.1) is 6.92 Å². The van der Waals surface area contributed by atoms with E-state index in [0.29, 0.717) is 11.3 Å². The maximum atomic E-state index is 12.6. The predicted octanol–water partition coefficient (Wildman–Crippen LogP) is 3.66. The molecule has 140 valence electrons. The topological polar surface area (TPSA) is 66.5 Å². The molecule has 0 aromatic heterocycles. The van der Waals surface area contributed by atoms with Gasteiger partial charge in [0, 0.05) is 18.3 Å². The highest BCUT2D eigenvalue weighted by Gasteiger charge is 2.30. The first-order chi connectivity index (χ1) is 11.9. The minimum Gasteiger partial charge on any atom is -0.322 e. The van der Waals surface area contributed by atoms with E-state index in [9.17, 15) is 26.4 Å². The highest BCUT2D eigenvalue weighted by atomic mass is 32.2. The van der Waals surface area contributed by atoms with E-state index in [0.717, 1.165) is 34.8 Å². The minimum absolute atomic E-state index is 0.198. The number of benzene rings is 2. The summed E-state index contributed by atoms with van der Waals surface area (Å²) in [7, 11) is -2.13. The minimum atomic E-state index is -4.45. The van der Waals surface area contributed by atoms with Crippen LogP contribution in [0.15, 0.2) is 42.5 Å². The van der Waals surface area contributed by atoms with Gasteiger partial charge in [-0.1, -0.05) is 6.07 Å². The van der Waals surface area contributed by atoms with Crippen molar-refractivity contribution in [2.24, 2.45) is 0 Å². The molecule has 0 unspecified atom stereocenters. The summed E-state index contributed by atoms with van der Waals surface area (Å²) in [5.41, 5.74) is 0.378. The summed E-state index contributed by atoms with van der Waals surface area (Å²) in [6, 6.07) is 8.66. The summed E-state index contributed by atoms with van der Waals surface area (Å²) in [6.45, 7) is 1.60. The Hall–Kier alpha value is -2.55. The van der Waals surface area contributed by atoms with Gasteiger partial charge in [0.25, 0.3) is 5.91 Å². The Bertz CT molecular complexity index is 923. The van der Waals surface area contributed by atoms with Crippen LogP contribution in [-0.2, 0) is 16.2 Å². The van der Waals surface area contributed by atoms with E-state index in [2.05, 4.69) is 5.32 Å². The maximum Gasteiger partial charge on any atom is 0.416 e. The van der Waals surface area contributed by atoms with Crippen LogP contribution in [0.2, 0.25) is 0 Å². The van der Waals surface area contributed by atoms with Crippen LogP contribution < -0.4 is 9.62 Å². The van der Waals surface area contributed by atoms with Crippen molar-refractivity contribution in [3.63, 3.8) is 0 Å². The second-order valence-corrected chi connectivity index (χ2v) is 7.72. The normalized spacial score (nSPS) is 11.9. The molecule has 0 aliphatic heterocycles. The zero-order valence-electron chi connectivity index (χ0n) is 14.3. The molecule has 0 bridgehead atoms. The molecule has 2 rings (SSSR count). The monoisotopic (exact) mass is 386 g/mol. The van der Waals surface area contributed by atoms with E-state index in [4.69, 9.17) is 0 Å². The highest BCUT2D eigenvalue weighted by molar-refractivity contribution is 7.92. The summed E-state index contributed by atoms with van der Waals surface area (Å²) >= 11 is 0. The molecule has 2 aromatic carbocycles. The Morgan fingerprint density at radius 1 is 1.08 bits per heavy atom. The Kier molecular flexibility index (Phi) is 5.31. The Balaban J connectivity index is 2.28. The van der Waals surface area contributed by atoms with Crippen molar-refractivity contribution in [2.45, 2.75) is 13.1 Å². The van der Waals surface area contributed by atoms with Gasteiger partial charge in [-0.3, -0.25) is 9.10 Å². The largest absolute Gasteiger partial charge is 0.416 e. The number of sulfonamides is 1. The van der Waals surface area contributed by atoms with Crippen LogP contribution in [0.3, 0.4) is 0 Å². The fourth-order valence-corrected chi connectivity index (χ4v) is 2.89. The zero-order valence-corrected chi connectivity index (χ0v) is 15.1. The number of rotatable bonds is 4. The van der Waals surface area contributed by atoms with E-state index in [1.54, 1.807) is 13.0 Å². The molecule has 0 aliphatic rings. The van der Waals surface area contributed by atoms with Gasteiger partial charge < -0.3 is 5.32 Å².